The summed E-state index contributed by atoms with van der Waals surface area (Å²) in [6, 6.07) is 9.62. The molecule has 104 valence electrons. The predicted octanol–water partition coefficient (Wildman–Crippen LogP) is 0.247. The number of carboxylic acid groups (broad SMARTS) is 1. The summed E-state index contributed by atoms with van der Waals surface area (Å²) in [6.07, 6.45) is 1.05. The summed E-state index contributed by atoms with van der Waals surface area (Å²) in [5.41, 5.74) is 6.44. The van der Waals surface area contributed by atoms with E-state index in [2.05, 4.69) is 10.3 Å². The minimum absolute atomic E-state index is 0.137. The number of hydrogen-bond donors (Lipinski definition) is 2. The summed E-state index contributed by atoms with van der Waals surface area (Å²) in [6.45, 7) is -0.176. The van der Waals surface area contributed by atoms with Crippen LogP contribution >= 0.6 is 0 Å². The molecular formula is C13H14N4O3. The van der Waals surface area contributed by atoms with Crippen LogP contribution in [-0.2, 0) is 24.2 Å². The molecule has 0 spiro atoms. The molecule has 0 bridgehead atoms. The van der Waals surface area contributed by atoms with E-state index in [0.717, 1.165) is 5.56 Å². The summed E-state index contributed by atoms with van der Waals surface area (Å²) < 4.78 is 1.24. The summed E-state index contributed by atoms with van der Waals surface area (Å²) in [4.78, 5) is 22.1. The SMILES string of the molecule is NC(=O)Cn1nnc(C(=O)O)c1CCc1ccccc1. The molecule has 2 rings (SSSR count). The van der Waals surface area contributed by atoms with Crippen molar-refractivity contribution in [3.05, 3.63) is 47.3 Å². The van der Waals surface area contributed by atoms with Gasteiger partial charge in [0.15, 0.2) is 5.69 Å². The number of carboxylic acids is 1. The first-order valence-electron chi connectivity index (χ1n) is 6.06. The lowest BCUT2D eigenvalue weighted by Crippen LogP contribution is -2.21. The van der Waals surface area contributed by atoms with Gasteiger partial charge in [0.25, 0.3) is 0 Å². The van der Waals surface area contributed by atoms with Gasteiger partial charge >= 0.3 is 5.97 Å². The fraction of sp³-hybridized carbons (Fsp3) is 0.231. The molecule has 2 aromatic rings. The van der Waals surface area contributed by atoms with Crippen LogP contribution in [0.25, 0.3) is 0 Å². The average Bonchev–Trinajstić information content (AvgIpc) is 2.80. The zero-order valence-electron chi connectivity index (χ0n) is 10.7. The van der Waals surface area contributed by atoms with Gasteiger partial charge in [0.05, 0.1) is 5.69 Å². The smallest absolute Gasteiger partial charge is 0.358 e. The molecule has 7 heteroatoms. The average molecular weight is 274 g/mol. The third-order valence-electron chi connectivity index (χ3n) is 2.84. The zero-order chi connectivity index (χ0) is 14.5. The highest BCUT2D eigenvalue weighted by Gasteiger charge is 2.19. The van der Waals surface area contributed by atoms with Gasteiger partial charge in [0.2, 0.25) is 5.91 Å². The molecule has 0 saturated heterocycles. The number of nitrogens with two attached hydrogens (primary N) is 1. The number of primary amides is 1. The summed E-state index contributed by atoms with van der Waals surface area (Å²) >= 11 is 0. The Hall–Kier alpha value is -2.70. The Kier molecular flexibility index (Phi) is 4.09. The normalized spacial score (nSPS) is 10.4. The van der Waals surface area contributed by atoms with Crippen LogP contribution < -0.4 is 5.73 Å². The van der Waals surface area contributed by atoms with Crippen molar-refractivity contribution in [1.82, 2.24) is 15.0 Å². The van der Waals surface area contributed by atoms with Gasteiger partial charge in [0.1, 0.15) is 6.54 Å². The molecular weight excluding hydrogens is 260 g/mol. The van der Waals surface area contributed by atoms with Crippen LogP contribution in [-0.4, -0.2) is 32.0 Å². The van der Waals surface area contributed by atoms with Crippen LogP contribution in [0.15, 0.2) is 30.3 Å². The van der Waals surface area contributed by atoms with Gasteiger partial charge in [-0.05, 0) is 18.4 Å². The molecule has 0 radical (unpaired) electrons. The molecule has 0 aliphatic rings. The molecule has 0 saturated carbocycles. The van der Waals surface area contributed by atoms with E-state index < -0.39 is 11.9 Å². The molecule has 0 aliphatic heterocycles. The van der Waals surface area contributed by atoms with Crippen LogP contribution in [0.3, 0.4) is 0 Å². The molecule has 0 fully saturated rings. The highest BCUT2D eigenvalue weighted by molar-refractivity contribution is 5.86. The standard InChI is InChI=1S/C13H14N4O3/c14-11(18)8-17-10(12(13(19)20)15-16-17)7-6-9-4-2-1-3-5-9/h1-5H,6-8H2,(H2,14,18)(H,19,20). The molecule has 1 amide bonds. The van der Waals surface area contributed by atoms with Gasteiger partial charge in [-0.2, -0.15) is 0 Å². The van der Waals surface area contributed by atoms with Crippen LogP contribution in [0.1, 0.15) is 21.7 Å². The van der Waals surface area contributed by atoms with Gasteiger partial charge in [-0.15, -0.1) is 5.10 Å². The van der Waals surface area contributed by atoms with E-state index in [0.29, 0.717) is 18.5 Å². The van der Waals surface area contributed by atoms with Gasteiger partial charge in [-0.3, -0.25) is 4.79 Å². The number of aromatic carboxylic acids is 1. The summed E-state index contributed by atoms with van der Waals surface area (Å²) in [5, 5.41) is 16.3. The van der Waals surface area contributed by atoms with Crippen molar-refractivity contribution in [2.24, 2.45) is 5.73 Å². The molecule has 0 atom stereocenters. The van der Waals surface area contributed by atoms with Crippen LogP contribution in [0.5, 0.6) is 0 Å². The maximum absolute atomic E-state index is 11.1. The third-order valence-corrected chi connectivity index (χ3v) is 2.84. The summed E-state index contributed by atoms with van der Waals surface area (Å²) in [7, 11) is 0. The molecule has 7 nitrogen and oxygen atoms in total. The van der Waals surface area contributed by atoms with Gasteiger partial charge in [-0.1, -0.05) is 35.5 Å². The number of carbonyl (C=O) groups excluding carboxylic acids is 1. The number of rotatable bonds is 6. The Bertz CT molecular complexity index is 622. The number of nitrogens with zero attached hydrogens (tertiary/aromatic N) is 3. The Labute approximate surface area is 115 Å². The largest absolute Gasteiger partial charge is 0.476 e. The first-order chi connectivity index (χ1) is 9.58. The second-order valence-electron chi connectivity index (χ2n) is 4.30. The predicted molar refractivity (Wildman–Crippen MR) is 70.0 cm³/mol. The molecule has 20 heavy (non-hydrogen) atoms. The van der Waals surface area contributed by atoms with Gasteiger partial charge in [-0.25, -0.2) is 9.48 Å². The molecule has 1 heterocycles. The van der Waals surface area contributed by atoms with E-state index in [1.165, 1.54) is 4.68 Å². The van der Waals surface area contributed by atoms with Crippen molar-refractivity contribution in [3.63, 3.8) is 0 Å². The monoisotopic (exact) mass is 274 g/mol. The van der Waals surface area contributed by atoms with Crippen molar-refractivity contribution in [1.29, 1.82) is 0 Å². The quantitative estimate of drug-likeness (QED) is 0.784. The van der Waals surface area contributed by atoms with E-state index in [-0.39, 0.29) is 12.2 Å². The number of hydrogen-bond acceptors (Lipinski definition) is 4. The Morgan fingerprint density at radius 1 is 1.20 bits per heavy atom. The molecule has 1 aromatic heterocycles. The van der Waals surface area contributed by atoms with Crippen molar-refractivity contribution in [2.45, 2.75) is 19.4 Å². The second kappa shape index (κ2) is 5.96. The molecule has 0 unspecified atom stereocenters. The fourth-order valence-electron chi connectivity index (χ4n) is 1.93. The van der Waals surface area contributed by atoms with E-state index >= 15 is 0 Å². The fourth-order valence-corrected chi connectivity index (χ4v) is 1.93. The van der Waals surface area contributed by atoms with Crippen molar-refractivity contribution < 1.29 is 14.7 Å². The minimum Gasteiger partial charge on any atom is -0.476 e. The van der Waals surface area contributed by atoms with E-state index in [4.69, 9.17) is 10.8 Å². The second-order valence-corrected chi connectivity index (χ2v) is 4.30. The van der Waals surface area contributed by atoms with Gasteiger partial charge < -0.3 is 10.8 Å². The lowest BCUT2D eigenvalue weighted by atomic mass is 10.1. The first kappa shape index (κ1) is 13.7. The van der Waals surface area contributed by atoms with Gasteiger partial charge in [0, 0.05) is 0 Å². The maximum Gasteiger partial charge on any atom is 0.358 e. The van der Waals surface area contributed by atoms with E-state index in [1.807, 2.05) is 30.3 Å². The Balaban J connectivity index is 2.21. The highest BCUT2D eigenvalue weighted by atomic mass is 16.4. The molecule has 3 N–H and O–H groups in total. The number of carbonyl (C=O) groups is 2. The van der Waals surface area contributed by atoms with Crippen LogP contribution in [0.2, 0.25) is 0 Å². The molecule has 1 aromatic carbocycles. The van der Waals surface area contributed by atoms with Crippen molar-refractivity contribution >= 4 is 11.9 Å². The van der Waals surface area contributed by atoms with Crippen LogP contribution in [0.4, 0.5) is 0 Å². The lowest BCUT2D eigenvalue weighted by Gasteiger charge is -2.05. The Morgan fingerprint density at radius 2 is 1.90 bits per heavy atom. The lowest BCUT2D eigenvalue weighted by molar-refractivity contribution is -0.118. The topological polar surface area (TPSA) is 111 Å². The summed E-state index contributed by atoms with van der Waals surface area (Å²) in [5.74, 6) is -1.75. The third kappa shape index (κ3) is 3.19. The zero-order valence-corrected chi connectivity index (χ0v) is 10.7. The van der Waals surface area contributed by atoms with E-state index in [9.17, 15) is 9.59 Å². The maximum atomic E-state index is 11.1. The Morgan fingerprint density at radius 3 is 2.50 bits per heavy atom. The first-order valence-corrected chi connectivity index (χ1v) is 6.06. The molecule has 0 aliphatic carbocycles. The minimum atomic E-state index is -1.16. The van der Waals surface area contributed by atoms with Crippen LogP contribution in [0, 0.1) is 0 Å². The number of aromatic nitrogens is 3. The van der Waals surface area contributed by atoms with Crippen molar-refractivity contribution in [3.8, 4) is 0 Å². The number of aryl methyl sites for hydroxylation is 1. The number of benzene rings is 1. The van der Waals surface area contributed by atoms with E-state index in [1.54, 1.807) is 0 Å². The highest BCUT2D eigenvalue weighted by Crippen LogP contribution is 2.11. The number of amides is 1. The van der Waals surface area contributed by atoms with Crippen molar-refractivity contribution in [2.75, 3.05) is 0 Å².